The van der Waals surface area contributed by atoms with Crippen LogP contribution in [0, 0.1) is 0 Å². The number of carbonyl (C=O) groups excluding carboxylic acids is 1. The molecule has 1 atom stereocenters. The van der Waals surface area contributed by atoms with Gasteiger partial charge in [-0.25, -0.2) is 0 Å². The lowest BCUT2D eigenvalue weighted by Gasteiger charge is -2.24. The Labute approximate surface area is 205 Å². The number of fused-ring (bicyclic) bond motifs is 1. The Morgan fingerprint density at radius 3 is 2.41 bits per heavy atom. The van der Waals surface area contributed by atoms with E-state index in [9.17, 15) is 18.0 Å². The van der Waals surface area contributed by atoms with Gasteiger partial charge in [-0.15, -0.1) is 11.3 Å². The summed E-state index contributed by atoms with van der Waals surface area (Å²) in [4.78, 5) is 16.0. The van der Waals surface area contributed by atoms with Crippen LogP contribution in [0.15, 0.2) is 47.2 Å². The van der Waals surface area contributed by atoms with Crippen molar-refractivity contribution in [3.8, 4) is 0 Å². The standard InChI is InChI=1S/C21H19BrF5N2O3PS/c1-3-31-33(32-4-2)21(26,27)18-16(22)14-10-12(7-8-15(14)34-18)19(30)29-17(20(23,24)25)13-6-5-9-28-11-13/h5-11,17H,3-4H2,1-2H3,(H,29,30). The molecule has 1 N–H and O–H groups in total. The second-order valence-electron chi connectivity index (χ2n) is 6.82. The van der Waals surface area contributed by atoms with E-state index in [4.69, 9.17) is 9.05 Å². The van der Waals surface area contributed by atoms with E-state index in [0.29, 0.717) is 4.70 Å². The molecule has 5 nitrogen and oxygen atoms in total. The van der Waals surface area contributed by atoms with Crippen molar-refractivity contribution in [2.45, 2.75) is 31.7 Å². The van der Waals surface area contributed by atoms with Gasteiger partial charge in [-0.2, -0.15) is 22.0 Å². The highest BCUT2D eigenvalue weighted by Crippen LogP contribution is 2.63. The van der Waals surface area contributed by atoms with Crippen molar-refractivity contribution in [1.82, 2.24) is 10.3 Å². The van der Waals surface area contributed by atoms with Gasteiger partial charge >= 0.3 is 11.8 Å². The first kappa shape index (κ1) is 26.9. The van der Waals surface area contributed by atoms with Gasteiger partial charge in [-0.05, 0) is 54.0 Å². The number of rotatable bonds is 9. The molecule has 2 aromatic heterocycles. The van der Waals surface area contributed by atoms with E-state index in [2.05, 4.69) is 20.9 Å². The summed E-state index contributed by atoms with van der Waals surface area (Å²) in [6.07, 6.45) is -2.44. The lowest BCUT2D eigenvalue weighted by Crippen LogP contribution is -2.38. The molecule has 1 unspecified atom stereocenters. The summed E-state index contributed by atoms with van der Waals surface area (Å²) in [7, 11) is -2.57. The summed E-state index contributed by atoms with van der Waals surface area (Å²) in [5, 5.41) is 2.23. The molecule has 0 aliphatic carbocycles. The van der Waals surface area contributed by atoms with Crippen molar-refractivity contribution in [2.24, 2.45) is 0 Å². The molecular weight excluding hydrogens is 566 g/mol. The molecule has 0 aliphatic rings. The third-order valence-electron chi connectivity index (χ3n) is 4.51. The van der Waals surface area contributed by atoms with Crippen LogP contribution in [0.2, 0.25) is 0 Å². The number of hydrogen-bond donors (Lipinski definition) is 1. The fourth-order valence-corrected chi connectivity index (χ4v) is 6.59. The Balaban J connectivity index is 1.95. The Hall–Kier alpha value is -1.72. The Kier molecular flexibility index (Phi) is 8.62. The SMILES string of the molecule is CCOP(OCC)C(F)(F)c1sc2ccc(C(=O)NC(c3cccnc3)C(F)(F)F)cc2c1Br. The number of amides is 1. The predicted molar refractivity (Wildman–Crippen MR) is 124 cm³/mol. The number of benzene rings is 1. The molecule has 0 fully saturated rings. The third kappa shape index (κ3) is 5.73. The number of alkyl halides is 5. The van der Waals surface area contributed by atoms with Gasteiger partial charge in [0.15, 0.2) is 6.04 Å². The van der Waals surface area contributed by atoms with E-state index in [0.717, 1.165) is 17.5 Å². The first-order valence-corrected chi connectivity index (χ1v) is 12.7. The smallest absolute Gasteiger partial charge is 0.337 e. The highest BCUT2D eigenvalue weighted by molar-refractivity contribution is 9.10. The zero-order valence-electron chi connectivity index (χ0n) is 17.8. The van der Waals surface area contributed by atoms with Crippen LogP contribution in [-0.2, 0) is 14.7 Å². The molecule has 3 aromatic rings. The van der Waals surface area contributed by atoms with Crippen molar-refractivity contribution >= 4 is 51.6 Å². The minimum absolute atomic E-state index is 0.0266. The average Bonchev–Trinajstić information content (AvgIpc) is 3.13. The highest BCUT2D eigenvalue weighted by atomic mass is 79.9. The van der Waals surface area contributed by atoms with Crippen molar-refractivity contribution in [3.63, 3.8) is 0 Å². The Morgan fingerprint density at radius 1 is 1.18 bits per heavy atom. The van der Waals surface area contributed by atoms with E-state index >= 15 is 8.78 Å². The minimum Gasteiger partial charge on any atom is -0.337 e. The largest absolute Gasteiger partial charge is 0.412 e. The molecule has 1 amide bonds. The maximum atomic E-state index is 15.2. The van der Waals surface area contributed by atoms with Crippen LogP contribution in [0.4, 0.5) is 22.0 Å². The summed E-state index contributed by atoms with van der Waals surface area (Å²) in [6.45, 7) is 3.22. The normalized spacial score (nSPS) is 13.4. The molecule has 0 aliphatic heterocycles. The molecule has 1 aromatic carbocycles. The fourth-order valence-electron chi connectivity index (χ4n) is 3.03. The number of pyridine rings is 1. The van der Waals surface area contributed by atoms with Gasteiger partial charge in [0.1, 0.15) is 0 Å². The number of hydrogen-bond acceptors (Lipinski definition) is 5. The maximum absolute atomic E-state index is 15.2. The number of halogens is 6. The van der Waals surface area contributed by atoms with Crippen molar-refractivity contribution in [3.05, 3.63) is 63.2 Å². The summed E-state index contributed by atoms with van der Waals surface area (Å²) in [6, 6.07) is 4.22. The Morgan fingerprint density at radius 2 is 1.85 bits per heavy atom. The molecule has 0 radical (unpaired) electrons. The van der Waals surface area contributed by atoms with Gasteiger partial charge in [-0.3, -0.25) is 9.78 Å². The fraction of sp³-hybridized carbons (Fsp3) is 0.333. The van der Waals surface area contributed by atoms with E-state index in [1.54, 1.807) is 13.8 Å². The quantitative estimate of drug-likeness (QED) is 0.209. The number of nitrogens with one attached hydrogen (secondary N) is 1. The summed E-state index contributed by atoms with van der Waals surface area (Å²) >= 11 is 3.96. The highest BCUT2D eigenvalue weighted by Gasteiger charge is 2.48. The molecule has 0 bridgehead atoms. The van der Waals surface area contributed by atoms with Gasteiger partial charge in [0.2, 0.25) is 0 Å². The second-order valence-corrected chi connectivity index (χ2v) is 10.3. The van der Waals surface area contributed by atoms with Crippen LogP contribution >= 0.6 is 35.6 Å². The Bertz CT molecular complexity index is 1140. The van der Waals surface area contributed by atoms with Gasteiger partial charge in [0.05, 0.1) is 18.1 Å². The second kappa shape index (κ2) is 10.9. The zero-order chi connectivity index (χ0) is 25.1. The van der Waals surface area contributed by atoms with Crippen molar-refractivity contribution < 1.29 is 35.8 Å². The van der Waals surface area contributed by atoms with Gasteiger partial charge in [0.25, 0.3) is 14.3 Å². The molecule has 3 rings (SSSR count). The lowest BCUT2D eigenvalue weighted by molar-refractivity contribution is -0.155. The van der Waals surface area contributed by atoms with Crippen LogP contribution in [0.3, 0.4) is 0 Å². The van der Waals surface area contributed by atoms with Gasteiger partial charge in [-0.1, -0.05) is 6.07 Å². The first-order chi connectivity index (χ1) is 16.0. The van der Waals surface area contributed by atoms with Crippen LogP contribution in [0.25, 0.3) is 10.1 Å². The summed E-state index contributed by atoms with van der Waals surface area (Å²) < 4.78 is 81.8. The average molecular weight is 585 g/mol. The summed E-state index contributed by atoms with van der Waals surface area (Å²) in [5.41, 5.74) is -3.80. The predicted octanol–water partition coefficient (Wildman–Crippen LogP) is 7.53. The molecule has 34 heavy (non-hydrogen) atoms. The van der Waals surface area contributed by atoms with Crippen LogP contribution in [0.1, 0.15) is 40.7 Å². The zero-order valence-corrected chi connectivity index (χ0v) is 21.1. The minimum atomic E-state index is -4.77. The molecule has 0 saturated heterocycles. The van der Waals surface area contributed by atoms with Crippen LogP contribution in [0.5, 0.6) is 0 Å². The van der Waals surface area contributed by atoms with E-state index in [1.807, 2.05) is 5.32 Å². The van der Waals surface area contributed by atoms with Gasteiger partial charge in [0, 0.05) is 38.1 Å². The molecule has 0 spiro atoms. The lowest BCUT2D eigenvalue weighted by atomic mass is 10.1. The number of aromatic nitrogens is 1. The van der Waals surface area contributed by atoms with Crippen LogP contribution in [-0.4, -0.2) is 30.3 Å². The molecule has 13 heteroatoms. The monoisotopic (exact) mass is 584 g/mol. The first-order valence-electron chi connectivity index (χ1n) is 9.94. The summed E-state index contributed by atoms with van der Waals surface area (Å²) in [5.74, 6) is -1.01. The van der Waals surface area contributed by atoms with Crippen LogP contribution < -0.4 is 5.32 Å². The number of nitrogens with zero attached hydrogens (tertiary/aromatic N) is 1. The van der Waals surface area contributed by atoms with E-state index in [1.165, 1.54) is 36.5 Å². The molecule has 2 heterocycles. The molecular formula is C21H19BrF5N2O3PS. The van der Waals surface area contributed by atoms with Crippen molar-refractivity contribution in [1.29, 1.82) is 0 Å². The van der Waals surface area contributed by atoms with Crippen molar-refractivity contribution in [2.75, 3.05) is 13.2 Å². The number of carbonyl (C=O) groups is 1. The third-order valence-corrected chi connectivity index (χ3v) is 8.65. The molecule has 184 valence electrons. The van der Waals surface area contributed by atoms with E-state index in [-0.39, 0.29) is 39.1 Å². The topological polar surface area (TPSA) is 60.5 Å². The molecule has 0 saturated carbocycles. The number of thiophene rings is 1. The maximum Gasteiger partial charge on any atom is 0.412 e. The van der Waals surface area contributed by atoms with E-state index < -0.39 is 32.2 Å². The van der Waals surface area contributed by atoms with Gasteiger partial charge < -0.3 is 14.4 Å².